The molecule has 16 heavy (non-hydrogen) atoms. The van der Waals surface area contributed by atoms with Crippen LogP contribution in [0.4, 0.5) is 5.69 Å². The van der Waals surface area contributed by atoms with Crippen molar-refractivity contribution in [3.05, 3.63) is 24.0 Å². The van der Waals surface area contributed by atoms with Crippen molar-refractivity contribution in [3.8, 4) is 0 Å². The lowest BCUT2D eigenvalue weighted by molar-refractivity contribution is 0.0690. The molecule has 0 fully saturated rings. The molecule has 0 saturated carbocycles. The van der Waals surface area contributed by atoms with Crippen molar-refractivity contribution < 1.29 is 14.6 Å². The maximum absolute atomic E-state index is 10.7. The third-order valence-corrected chi connectivity index (χ3v) is 1.98. The van der Waals surface area contributed by atoms with E-state index in [0.29, 0.717) is 6.61 Å². The van der Waals surface area contributed by atoms with Crippen LogP contribution in [0.25, 0.3) is 0 Å². The summed E-state index contributed by atoms with van der Waals surface area (Å²) in [6.45, 7) is 4.14. The summed E-state index contributed by atoms with van der Waals surface area (Å²) in [5.74, 6) is -1.02. The number of ether oxygens (including phenoxy) is 1. The van der Waals surface area contributed by atoms with Crippen LogP contribution < -0.4 is 5.32 Å². The van der Waals surface area contributed by atoms with E-state index in [0.717, 1.165) is 25.3 Å². The number of nitrogens with one attached hydrogen (secondary N) is 1. The van der Waals surface area contributed by atoms with Crippen molar-refractivity contribution in [1.82, 2.24) is 4.98 Å². The van der Waals surface area contributed by atoms with Crippen LogP contribution in [-0.2, 0) is 4.74 Å². The van der Waals surface area contributed by atoms with Gasteiger partial charge in [-0.2, -0.15) is 0 Å². The Morgan fingerprint density at radius 2 is 2.44 bits per heavy atom. The zero-order valence-electron chi connectivity index (χ0n) is 9.27. The highest BCUT2D eigenvalue weighted by Gasteiger charge is 2.04. The van der Waals surface area contributed by atoms with Gasteiger partial charge in [0.2, 0.25) is 0 Å². The summed E-state index contributed by atoms with van der Waals surface area (Å²) in [6, 6.07) is 3.26. The highest BCUT2D eigenvalue weighted by Crippen LogP contribution is 2.07. The van der Waals surface area contributed by atoms with E-state index in [1.54, 1.807) is 6.07 Å². The fraction of sp³-hybridized carbons (Fsp3) is 0.455. The Kier molecular flexibility index (Phi) is 5.28. The molecule has 0 radical (unpaired) electrons. The van der Waals surface area contributed by atoms with Gasteiger partial charge in [0.05, 0.1) is 0 Å². The van der Waals surface area contributed by atoms with Crippen LogP contribution in [-0.4, -0.2) is 35.8 Å². The molecule has 88 valence electrons. The predicted molar refractivity (Wildman–Crippen MR) is 60.8 cm³/mol. The van der Waals surface area contributed by atoms with E-state index in [2.05, 4.69) is 10.3 Å². The van der Waals surface area contributed by atoms with Gasteiger partial charge in [0, 0.05) is 31.6 Å². The first-order chi connectivity index (χ1) is 7.74. The first-order valence-corrected chi connectivity index (χ1v) is 5.25. The molecule has 0 aliphatic rings. The molecule has 0 aliphatic heterocycles. The molecule has 0 amide bonds. The number of nitrogens with zero attached hydrogens (tertiary/aromatic N) is 1. The average molecular weight is 224 g/mol. The summed E-state index contributed by atoms with van der Waals surface area (Å²) in [6.07, 6.45) is 2.37. The van der Waals surface area contributed by atoms with Gasteiger partial charge in [0.1, 0.15) is 5.69 Å². The monoisotopic (exact) mass is 224 g/mol. The maximum Gasteiger partial charge on any atom is 0.354 e. The summed E-state index contributed by atoms with van der Waals surface area (Å²) in [5, 5.41) is 11.9. The van der Waals surface area contributed by atoms with Gasteiger partial charge < -0.3 is 15.2 Å². The van der Waals surface area contributed by atoms with E-state index in [-0.39, 0.29) is 5.69 Å². The molecule has 0 bridgehead atoms. The van der Waals surface area contributed by atoms with Gasteiger partial charge >= 0.3 is 5.97 Å². The van der Waals surface area contributed by atoms with Crippen LogP contribution in [0.15, 0.2) is 18.3 Å². The van der Waals surface area contributed by atoms with Crippen LogP contribution in [0.1, 0.15) is 23.8 Å². The smallest absolute Gasteiger partial charge is 0.354 e. The average Bonchev–Trinajstić information content (AvgIpc) is 2.29. The Morgan fingerprint density at radius 3 is 3.12 bits per heavy atom. The Labute approximate surface area is 94.5 Å². The molecular weight excluding hydrogens is 208 g/mol. The molecule has 0 atom stereocenters. The molecule has 1 rings (SSSR count). The standard InChI is InChI=1S/C11H16N2O3/c1-2-16-7-3-5-12-9-4-6-13-10(8-9)11(14)15/h4,6,8H,2-3,5,7H2,1H3,(H,12,13)(H,14,15). The molecule has 5 nitrogen and oxygen atoms in total. The van der Waals surface area contributed by atoms with E-state index in [9.17, 15) is 4.79 Å². The molecular formula is C11H16N2O3. The fourth-order valence-corrected chi connectivity index (χ4v) is 1.21. The topological polar surface area (TPSA) is 71.5 Å². The molecule has 0 aliphatic carbocycles. The number of aromatic carboxylic acids is 1. The van der Waals surface area contributed by atoms with Gasteiger partial charge in [-0.25, -0.2) is 9.78 Å². The Morgan fingerprint density at radius 1 is 1.62 bits per heavy atom. The first-order valence-electron chi connectivity index (χ1n) is 5.25. The molecule has 0 spiro atoms. The number of carboxylic acid groups (broad SMARTS) is 1. The molecule has 0 unspecified atom stereocenters. The van der Waals surface area contributed by atoms with Gasteiger partial charge in [0.25, 0.3) is 0 Å². The Bertz CT molecular complexity index is 342. The lowest BCUT2D eigenvalue weighted by Gasteiger charge is -2.06. The van der Waals surface area contributed by atoms with Crippen LogP contribution in [0.2, 0.25) is 0 Å². The molecule has 1 heterocycles. The SMILES string of the molecule is CCOCCCNc1ccnc(C(=O)O)c1. The van der Waals surface area contributed by atoms with Gasteiger partial charge in [-0.3, -0.25) is 0 Å². The minimum Gasteiger partial charge on any atom is -0.477 e. The Balaban J connectivity index is 2.36. The minimum atomic E-state index is -1.02. The highest BCUT2D eigenvalue weighted by atomic mass is 16.5. The minimum absolute atomic E-state index is 0.0507. The lowest BCUT2D eigenvalue weighted by atomic mass is 10.3. The number of hydrogen-bond donors (Lipinski definition) is 2. The largest absolute Gasteiger partial charge is 0.477 e. The molecule has 1 aromatic rings. The number of pyridine rings is 1. The second kappa shape index (κ2) is 6.79. The van der Waals surface area contributed by atoms with Gasteiger partial charge in [-0.15, -0.1) is 0 Å². The van der Waals surface area contributed by atoms with Crippen molar-refractivity contribution in [2.45, 2.75) is 13.3 Å². The van der Waals surface area contributed by atoms with Crippen LogP contribution >= 0.6 is 0 Å². The molecule has 5 heteroatoms. The predicted octanol–water partition coefficient (Wildman–Crippen LogP) is 1.62. The van der Waals surface area contributed by atoms with Crippen molar-refractivity contribution in [2.75, 3.05) is 25.1 Å². The van der Waals surface area contributed by atoms with Crippen molar-refractivity contribution in [2.24, 2.45) is 0 Å². The summed E-state index contributed by atoms with van der Waals surface area (Å²) in [7, 11) is 0. The molecule has 0 saturated heterocycles. The van der Waals surface area contributed by atoms with E-state index in [1.165, 1.54) is 12.3 Å². The zero-order chi connectivity index (χ0) is 11.8. The molecule has 1 aromatic heterocycles. The van der Waals surface area contributed by atoms with E-state index in [4.69, 9.17) is 9.84 Å². The van der Waals surface area contributed by atoms with E-state index < -0.39 is 5.97 Å². The fourth-order valence-electron chi connectivity index (χ4n) is 1.21. The third kappa shape index (κ3) is 4.27. The molecule has 0 aromatic carbocycles. The summed E-state index contributed by atoms with van der Waals surface area (Å²) < 4.78 is 5.19. The number of hydrogen-bond acceptors (Lipinski definition) is 4. The number of carboxylic acids is 1. The zero-order valence-corrected chi connectivity index (χ0v) is 9.27. The lowest BCUT2D eigenvalue weighted by Crippen LogP contribution is -2.07. The molecule has 2 N–H and O–H groups in total. The first kappa shape index (κ1) is 12.4. The quantitative estimate of drug-likeness (QED) is 0.688. The second-order valence-electron chi connectivity index (χ2n) is 3.21. The number of carbonyl (C=O) groups is 1. The van der Waals surface area contributed by atoms with Crippen LogP contribution in [0.3, 0.4) is 0 Å². The second-order valence-corrected chi connectivity index (χ2v) is 3.21. The number of rotatable bonds is 7. The van der Waals surface area contributed by atoms with Crippen molar-refractivity contribution in [3.63, 3.8) is 0 Å². The summed E-state index contributed by atoms with van der Waals surface area (Å²) in [5.41, 5.74) is 0.818. The van der Waals surface area contributed by atoms with Gasteiger partial charge in [-0.05, 0) is 25.5 Å². The van der Waals surface area contributed by atoms with Gasteiger partial charge in [0.15, 0.2) is 0 Å². The highest BCUT2D eigenvalue weighted by molar-refractivity contribution is 5.86. The maximum atomic E-state index is 10.7. The van der Waals surface area contributed by atoms with E-state index >= 15 is 0 Å². The third-order valence-electron chi connectivity index (χ3n) is 1.98. The summed E-state index contributed by atoms with van der Waals surface area (Å²) >= 11 is 0. The van der Waals surface area contributed by atoms with Crippen LogP contribution in [0, 0.1) is 0 Å². The normalized spacial score (nSPS) is 10.1. The number of aromatic nitrogens is 1. The Hall–Kier alpha value is -1.62. The summed E-state index contributed by atoms with van der Waals surface area (Å²) in [4.78, 5) is 14.4. The van der Waals surface area contributed by atoms with Crippen molar-refractivity contribution >= 4 is 11.7 Å². The van der Waals surface area contributed by atoms with Crippen LogP contribution in [0.5, 0.6) is 0 Å². The van der Waals surface area contributed by atoms with E-state index in [1.807, 2.05) is 6.92 Å². The number of anilines is 1. The van der Waals surface area contributed by atoms with Crippen molar-refractivity contribution in [1.29, 1.82) is 0 Å². The van der Waals surface area contributed by atoms with Gasteiger partial charge in [-0.1, -0.05) is 0 Å².